The third-order valence-electron chi connectivity index (χ3n) is 3.23. The number of carbonyl (C=O) groups excluding carboxylic acids is 1. The van der Waals surface area contributed by atoms with Crippen LogP contribution in [0.25, 0.3) is 0 Å². The van der Waals surface area contributed by atoms with E-state index in [1.165, 1.54) is 40.4 Å². The van der Waals surface area contributed by atoms with Crippen LogP contribution in [0.4, 0.5) is 0 Å². The molecule has 1 aromatic heterocycles. The molecule has 2 aromatic rings. The molecular formula is C16H17N3O6. The molecule has 9 nitrogen and oxygen atoms in total. The normalized spacial score (nSPS) is 11.0. The van der Waals surface area contributed by atoms with Gasteiger partial charge in [-0.05, 0) is 13.0 Å². The summed E-state index contributed by atoms with van der Waals surface area (Å²) in [6.45, 7) is 1.54. The molecule has 0 aliphatic carbocycles. The Balaban J connectivity index is 2.54. The molecule has 0 spiro atoms. The number of oxime groups is 1. The Morgan fingerprint density at radius 3 is 2.28 bits per heavy atom. The number of methoxy groups -OCH3 is 3. The van der Waals surface area contributed by atoms with E-state index in [1.54, 1.807) is 12.1 Å². The quantitative estimate of drug-likeness (QED) is 0.366. The minimum Gasteiger partial charge on any atom is -0.481 e. The molecule has 0 amide bonds. The summed E-state index contributed by atoms with van der Waals surface area (Å²) >= 11 is 0. The van der Waals surface area contributed by atoms with E-state index in [0.29, 0.717) is 5.56 Å². The van der Waals surface area contributed by atoms with E-state index in [2.05, 4.69) is 15.1 Å². The van der Waals surface area contributed by atoms with Gasteiger partial charge in [0, 0.05) is 5.56 Å². The second-order valence-electron chi connectivity index (χ2n) is 4.69. The SMILES string of the molecule is COC(=O)c1c(Oc2nc(OC)cc(OC)n2)cccc1/C(C)=N/O. The second kappa shape index (κ2) is 7.95. The predicted octanol–water partition coefficient (Wildman–Crippen LogP) is 2.27. The van der Waals surface area contributed by atoms with E-state index in [1.807, 2.05) is 0 Å². The average Bonchev–Trinajstić information content (AvgIpc) is 2.66. The fourth-order valence-corrected chi connectivity index (χ4v) is 2.02. The first-order chi connectivity index (χ1) is 12.0. The van der Waals surface area contributed by atoms with Crippen molar-refractivity contribution in [3.05, 3.63) is 35.4 Å². The maximum atomic E-state index is 12.2. The van der Waals surface area contributed by atoms with Gasteiger partial charge in [0.2, 0.25) is 11.8 Å². The standard InChI is InChI=1S/C16H17N3O6/c1-9(19-21)10-6-5-7-11(14(10)15(20)24-4)25-16-17-12(22-2)8-13(18-16)23-3/h5-8,21H,1-4H3/b19-9+. The maximum absolute atomic E-state index is 12.2. The summed E-state index contributed by atoms with van der Waals surface area (Å²) in [6, 6.07) is 6.16. The van der Waals surface area contributed by atoms with Crippen LogP contribution >= 0.6 is 0 Å². The second-order valence-corrected chi connectivity index (χ2v) is 4.69. The highest BCUT2D eigenvalue weighted by molar-refractivity contribution is 6.09. The molecule has 0 saturated heterocycles. The lowest BCUT2D eigenvalue weighted by Crippen LogP contribution is -2.11. The Morgan fingerprint density at radius 1 is 1.12 bits per heavy atom. The first-order valence-corrected chi connectivity index (χ1v) is 7.09. The first kappa shape index (κ1) is 18.0. The minimum atomic E-state index is -0.663. The Kier molecular flexibility index (Phi) is 5.72. The van der Waals surface area contributed by atoms with Crippen LogP contribution in [0.3, 0.4) is 0 Å². The summed E-state index contributed by atoms with van der Waals surface area (Å²) in [5.41, 5.74) is 0.641. The van der Waals surface area contributed by atoms with Crippen LogP contribution in [0.15, 0.2) is 29.4 Å². The highest BCUT2D eigenvalue weighted by Gasteiger charge is 2.21. The van der Waals surface area contributed by atoms with Crippen LogP contribution in [-0.2, 0) is 4.74 Å². The molecule has 0 radical (unpaired) electrons. The largest absolute Gasteiger partial charge is 0.481 e. The lowest BCUT2D eigenvalue weighted by Gasteiger charge is -2.13. The van der Waals surface area contributed by atoms with Crippen molar-refractivity contribution >= 4 is 11.7 Å². The molecule has 0 atom stereocenters. The van der Waals surface area contributed by atoms with Crippen molar-refractivity contribution < 1.29 is 28.9 Å². The average molecular weight is 347 g/mol. The predicted molar refractivity (Wildman–Crippen MR) is 87.0 cm³/mol. The van der Waals surface area contributed by atoms with Crippen molar-refractivity contribution in [2.24, 2.45) is 5.16 Å². The van der Waals surface area contributed by atoms with Gasteiger partial charge < -0.3 is 24.2 Å². The van der Waals surface area contributed by atoms with Gasteiger partial charge >= 0.3 is 12.0 Å². The molecule has 0 fully saturated rings. The first-order valence-electron chi connectivity index (χ1n) is 7.09. The Labute approximate surface area is 143 Å². The van der Waals surface area contributed by atoms with Crippen molar-refractivity contribution in [1.29, 1.82) is 0 Å². The van der Waals surface area contributed by atoms with Gasteiger partial charge in [0.05, 0.1) is 33.1 Å². The molecule has 25 heavy (non-hydrogen) atoms. The Bertz CT molecular complexity index is 784. The number of ether oxygens (including phenoxy) is 4. The van der Waals surface area contributed by atoms with E-state index in [-0.39, 0.29) is 34.8 Å². The molecule has 1 heterocycles. The molecular weight excluding hydrogens is 330 g/mol. The van der Waals surface area contributed by atoms with Crippen LogP contribution in [0.2, 0.25) is 0 Å². The molecule has 2 rings (SSSR count). The highest BCUT2D eigenvalue weighted by Crippen LogP contribution is 2.29. The number of esters is 1. The van der Waals surface area contributed by atoms with E-state index < -0.39 is 5.97 Å². The van der Waals surface area contributed by atoms with Gasteiger partial charge in [-0.25, -0.2) is 4.79 Å². The van der Waals surface area contributed by atoms with Gasteiger partial charge in [-0.3, -0.25) is 0 Å². The smallest absolute Gasteiger partial charge is 0.342 e. The van der Waals surface area contributed by atoms with Crippen LogP contribution in [0.5, 0.6) is 23.5 Å². The molecule has 0 unspecified atom stereocenters. The molecule has 1 N–H and O–H groups in total. The van der Waals surface area contributed by atoms with Crippen LogP contribution < -0.4 is 14.2 Å². The van der Waals surface area contributed by atoms with Crippen molar-refractivity contribution in [3.8, 4) is 23.5 Å². The topological polar surface area (TPSA) is 112 Å². The van der Waals surface area contributed by atoms with E-state index in [9.17, 15) is 4.79 Å². The number of aromatic nitrogens is 2. The Hall–Kier alpha value is -3.36. The zero-order valence-corrected chi connectivity index (χ0v) is 14.1. The van der Waals surface area contributed by atoms with E-state index in [0.717, 1.165) is 0 Å². The maximum Gasteiger partial charge on any atom is 0.342 e. The van der Waals surface area contributed by atoms with Gasteiger partial charge in [0.15, 0.2) is 0 Å². The molecule has 9 heteroatoms. The third kappa shape index (κ3) is 3.94. The zero-order valence-electron chi connectivity index (χ0n) is 14.1. The van der Waals surface area contributed by atoms with Gasteiger partial charge in [-0.1, -0.05) is 17.3 Å². The molecule has 0 aliphatic rings. The van der Waals surface area contributed by atoms with Crippen LogP contribution in [0, 0.1) is 0 Å². The molecule has 132 valence electrons. The van der Waals surface area contributed by atoms with E-state index in [4.69, 9.17) is 24.2 Å². The van der Waals surface area contributed by atoms with Crippen LogP contribution in [-0.4, -0.2) is 48.2 Å². The number of benzene rings is 1. The van der Waals surface area contributed by atoms with Gasteiger partial charge in [-0.2, -0.15) is 9.97 Å². The van der Waals surface area contributed by atoms with Gasteiger partial charge in [0.25, 0.3) is 0 Å². The zero-order chi connectivity index (χ0) is 18.4. The summed E-state index contributed by atoms with van der Waals surface area (Å²) in [6.07, 6.45) is 0. The summed E-state index contributed by atoms with van der Waals surface area (Å²) in [5.74, 6) is -0.0810. The van der Waals surface area contributed by atoms with Crippen molar-refractivity contribution in [2.75, 3.05) is 21.3 Å². The molecule has 1 aromatic carbocycles. The summed E-state index contributed by atoms with van der Waals surface area (Å²) in [5, 5.41) is 12.1. The third-order valence-corrected chi connectivity index (χ3v) is 3.23. The van der Waals surface area contributed by atoms with Crippen molar-refractivity contribution in [3.63, 3.8) is 0 Å². The van der Waals surface area contributed by atoms with Gasteiger partial charge in [0.1, 0.15) is 11.3 Å². The Morgan fingerprint density at radius 2 is 1.76 bits per heavy atom. The number of carbonyl (C=O) groups is 1. The molecule has 0 saturated carbocycles. The van der Waals surface area contributed by atoms with E-state index >= 15 is 0 Å². The minimum absolute atomic E-state index is 0.0747. The molecule has 0 bridgehead atoms. The highest BCUT2D eigenvalue weighted by atomic mass is 16.5. The number of hydrogen-bond donors (Lipinski definition) is 1. The summed E-state index contributed by atoms with van der Waals surface area (Å²) in [7, 11) is 4.11. The fourth-order valence-electron chi connectivity index (χ4n) is 2.02. The van der Waals surface area contributed by atoms with Crippen molar-refractivity contribution in [1.82, 2.24) is 9.97 Å². The lowest BCUT2D eigenvalue weighted by atomic mass is 10.0. The summed E-state index contributed by atoms with van der Waals surface area (Å²) in [4.78, 5) is 20.3. The number of rotatable bonds is 6. The van der Waals surface area contributed by atoms with Crippen molar-refractivity contribution in [2.45, 2.75) is 6.92 Å². The number of nitrogens with zero attached hydrogens (tertiary/aromatic N) is 3. The lowest BCUT2D eigenvalue weighted by molar-refractivity contribution is 0.0597. The monoisotopic (exact) mass is 347 g/mol. The number of hydrogen-bond acceptors (Lipinski definition) is 9. The summed E-state index contributed by atoms with van der Waals surface area (Å²) < 4.78 is 20.5. The fraction of sp³-hybridized carbons (Fsp3) is 0.250. The van der Waals surface area contributed by atoms with Gasteiger partial charge in [-0.15, -0.1) is 0 Å². The van der Waals surface area contributed by atoms with Crippen LogP contribution in [0.1, 0.15) is 22.8 Å². The molecule has 0 aliphatic heterocycles.